The van der Waals surface area contributed by atoms with Gasteiger partial charge < -0.3 is 9.47 Å². The van der Waals surface area contributed by atoms with E-state index in [2.05, 4.69) is 9.98 Å². The van der Waals surface area contributed by atoms with Crippen LogP contribution in [0.4, 0.5) is 0 Å². The summed E-state index contributed by atoms with van der Waals surface area (Å²) < 4.78 is 9.76. The highest BCUT2D eigenvalue weighted by Crippen LogP contribution is 2.03. The van der Waals surface area contributed by atoms with Crippen LogP contribution in [0, 0.1) is 0 Å². The molecule has 0 aliphatic carbocycles. The summed E-state index contributed by atoms with van der Waals surface area (Å²) in [5.74, 6) is 0. The Morgan fingerprint density at radius 3 is 3.00 bits per heavy atom. The molecule has 56 valence electrons. The van der Waals surface area contributed by atoms with Gasteiger partial charge in [-0.15, -0.1) is 0 Å². The lowest BCUT2D eigenvalue weighted by Crippen LogP contribution is -2.16. The van der Waals surface area contributed by atoms with Crippen molar-refractivity contribution in [3.05, 3.63) is 0 Å². The van der Waals surface area contributed by atoms with E-state index in [1.165, 1.54) is 7.11 Å². The lowest BCUT2D eigenvalue weighted by Gasteiger charge is -2.11. The maximum atomic E-state index is 4.96. The second-order valence-electron chi connectivity index (χ2n) is 1.85. The van der Waals surface area contributed by atoms with Crippen LogP contribution in [0.3, 0.4) is 0 Å². The number of rotatable bonds is 1. The van der Waals surface area contributed by atoms with E-state index in [0.717, 1.165) is 6.42 Å². The monoisotopic (exact) mass is 142 g/mol. The van der Waals surface area contributed by atoms with E-state index in [1.54, 1.807) is 13.3 Å². The third-order valence-corrected chi connectivity index (χ3v) is 1.22. The topological polar surface area (TPSA) is 43.2 Å². The molecule has 1 heterocycles. The molecule has 0 bridgehead atoms. The van der Waals surface area contributed by atoms with Crippen LogP contribution in [-0.4, -0.2) is 32.7 Å². The molecule has 0 aromatic heterocycles. The van der Waals surface area contributed by atoms with Crippen molar-refractivity contribution < 1.29 is 9.47 Å². The molecule has 1 unspecified atom stereocenters. The fraction of sp³-hybridized carbons (Fsp3) is 0.667. The Morgan fingerprint density at radius 1 is 1.60 bits per heavy atom. The number of ether oxygens (including phenoxy) is 2. The van der Waals surface area contributed by atoms with Crippen LogP contribution < -0.4 is 0 Å². The predicted octanol–water partition coefficient (Wildman–Crippen LogP) is 0.436. The maximum absolute atomic E-state index is 4.96. The summed E-state index contributed by atoms with van der Waals surface area (Å²) in [5, 5.41) is 0. The molecule has 1 aliphatic heterocycles. The molecule has 1 aliphatic rings. The first-order chi connectivity index (χ1) is 4.86. The van der Waals surface area contributed by atoms with Gasteiger partial charge in [0.2, 0.25) is 0 Å². The van der Waals surface area contributed by atoms with Gasteiger partial charge in [0.05, 0.1) is 7.11 Å². The van der Waals surface area contributed by atoms with Gasteiger partial charge in [-0.25, -0.2) is 9.98 Å². The summed E-state index contributed by atoms with van der Waals surface area (Å²) in [7, 11) is 3.15. The Hall–Kier alpha value is -0.900. The minimum absolute atomic E-state index is 0.118. The Bertz CT molecular complexity index is 165. The second kappa shape index (κ2) is 3.31. The molecule has 4 nitrogen and oxygen atoms in total. The molecular weight excluding hydrogens is 132 g/mol. The molecule has 10 heavy (non-hydrogen) atoms. The van der Waals surface area contributed by atoms with Gasteiger partial charge in [0, 0.05) is 19.7 Å². The van der Waals surface area contributed by atoms with Gasteiger partial charge in [-0.3, -0.25) is 0 Å². The second-order valence-corrected chi connectivity index (χ2v) is 1.85. The van der Waals surface area contributed by atoms with Crippen molar-refractivity contribution in [3.8, 4) is 0 Å². The van der Waals surface area contributed by atoms with Crippen molar-refractivity contribution in [1.82, 2.24) is 0 Å². The Balaban J connectivity index is 2.56. The number of amidine groups is 1. The number of aliphatic imine (C=N–C) groups is 2. The van der Waals surface area contributed by atoms with Crippen molar-refractivity contribution >= 4 is 12.2 Å². The van der Waals surface area contributed by atoms with E-state index in [0.29, 0.717) is 6.02 Å². The third-order valence-electron chi connectivity index (χ3n) is 1.22. The van der Waals surface area contributed by atoms with Crippen molar-refractivity contribution in [2.24, 2.45) is 9.98 Å². The number of hydrogen-bond acceptors (Lipinski definition) is 4. The van der Waals surface area contributed by atoms with E-state index in [9.17, 15) is 0 Å². The summed E-state index contributed by atoms with van der Waals surface area (Å²) in [6, 6.07) is 0.387. The summed E-state index contributed by atoms with van der Waals surface area (Å²) >= 11 is 0. The molecule has 0 aromatic rings. The fourth-order valence-electron chi connectivity index (χ4n) is 0.685. The molecule has 0 aromatic carbocycles. The van der Waals surface area contributed by atoms with E-state index in [4.69, 9.17) is 9.47 Å². The van der Waals surface area contributed by atoms with Gasteiger partial charge in [0.25, 0.3) is 0 Å². The molecular formula is C6H10N2O2. The zero-order valence-corrected chi connectivity index (χ0v) is 6.07. The van der Waals surface area contributed by atoms with E-state index < -0.39 is 0 Å². The van der Waals surface area contributed by atoms with Crippen LogP contribution in [0.1, 0.15) is 6.42 Å². The van der Waals surface area contributed by atoms with Crippen LogP contribution in [-0.2, 0) is 9.47 Å². The maximum Gasteiger partial charge on any atom is 0.313 e. The van der Waals surface area contributed by atoms with Crippen LogP contribution in [0.15, 0.2) is 9.98 Å². The van der Waals surface area contributed by atoms with Crippen LogP contribution in [0.25, 0.3) is 0 Å². The number of nitrogens with zero attached hydrogens (tertiary/aromatic N) is 2. The van der Waals surface area contributed by atoms with Gasteiger partial charge in [-0.2, -0.15) is 0 Å². The molecule has 0 saturated carbocycles. The molecule has 0 radical (unpaired) electrons. The van der Waals surface area contributed by atoms with Crippen molar-refractivity contribution in [1.29, 1.82) is 0 Å². The Kier molecular flexibility index (Phi) is 2.39. The van der Waals surface area contributed by atoms with Gasteiger partial charge in [-0.1, -0.05) is 0 Å². The lowest BCUT2D eigenvalue weighted by molar-refractivity contribution is 0.113. The Morgan fingerprint density at radius 2 is 2.40 bits per heavy atom. The van der Waals surface area contributed by atoms with Crippen molar-refractivity contribution in [2.45, 2.75) is 12.6 Å². The molecule has 0 saturated heterocycles. The van der Waals surface area contributed by atoms with E-state index in [-0.39, 0.29) is 6.23 Å². The standard InChI is InChI=1S/C6H10N2O2/c1-9-5-3-4-7-6(8-5)10-2/h4-5H,3H2,1-2H3. The molecule has 1 rings (SSSR count). The average Bonchev–Trinajstić information content (AvgIpc) is 2.05. The quantitative estimate of drug-likeness (QED) is 0.533. The summed E-state index contributed by atoms with van der Waals surface area (Å²) in [5.41, 5.74) is 0. The minimum atomic E-state index is -0.118. The molecule has 1 atom stereocenters. The summed E-state index contributed by atoms with van der Waals surface area (Å²) in [6.45, 7) is 0. The molecule has 0 N–H and O–H groups in total. The van der Waals surface area contributed by atoms with Gasteiger partial charge in [-0.05, 0) is 0 Å². The zero-order chi connectivity index (χ0) is 7.40. The first kappa shape index (κ1) is 7.21. The highest BCUT2D eigenvalue weighted by atomic mass is 16.5. The molecule has 0 fully saturated rings. The van der Waals surface area contributed by atoms with Crippen LogP contribution in [0.5, 0.6) is 0 Å². The van der Waals surface area contributed by atoms with Crippen molar-refractivity contribution in [2.75, 3.05) is 14.2 Å². The SMILES string of the molecule is COC1=NC(OC)CC=N1. The molecule has 0 spiro atoms. The number of methoxy groups -OCH3 is 2. The lowest BCUT2D eigenvalue weighted by atomic mass is 10.4. The summed E-state index contributed by atoms with van der Waals surface area (Å²) in [4.78, 5) is 7.86. The largest absolute Gasteiger partial charge is 0.467 e. The highest BCUT2D eigenvalue weighted by Gasteiger charge is 2.09. The fourth-order valence-corrected chi connectivity index (χ4v) is 0.685. The van der Waals surface area contributed by atoms with E-state index >= 15 is 0 Å². The summed E-state index contributed by atoms with van der Waals surface area (Å²) in [6.07, 6.45) is 2.34. The average molecular weight is 142 g/mol. The van der Waals surface area contributed by atoms with Gasteiger partial charge >= 0.3 is 6.02 Å². The highest BCUT2D eigenvalue weighted by molar-refractivity contribution is 5.85. The van der Waals surface area contributed by atoms with Gasteiger partial charge in [0.15, 0.2) is 6.23 Å². The first-order valence-corrected chi connectivity index (χ1v) is 3.04. The smallest absolute Gasteiger partial charge is 0.313 e. The molecule has 0 amide bonds. The predicted molar refractivity (Wildman–Crippen MR) is 38.4 cm³/mol. The minimum Gasteiger partial charge on any atom is -0.467 e. The van der Waals surface area contributed by atoms with Crippen LogP contribution >= 0.6 is 0 Å². The Labute approximate surface area is 59.6 Å². The van der Waals surface area contributed by atoms with Gasteiger partial charge in [0.1, 0.15) is 0 Å². The van der Waals surface area contributed by atoms with Crippen LogP contribution in [0.2, 0.25) is 0 Å². The zero-order valence-electron chi connectivity index (χ0n) is 6.07. The normalized spacial score (nSPS) is 24.2. The van der Waals surface area contributed by atoms with Crippen molar-refractivity contribution in [3.63, 3.8) is 0 Å². The molecule has 4 heteroatoms. The third kappa shape index (κ3) is 1.54. The number of hydrogen-bond donors (Lipinski definition) is 0. The van der Waals surface area contributed by atoms with E-state index in [1.807, 2.05) is 0 Å². The first-order valence-electron chi connectivity index (χ1n) is 3.04.